The Hall–Kier alpha value is -2.55. The van der Waals surface area contributed by atoms with E-state index in [1.807, 2.05) is 17.0 Å². The molecule has 1 aliphatic rings. The first-order valence-corrected chi connectivity index (χ1v) is 9.55. The molecular formula is C20H24ClN3O5. The SMILES string of the molecule is COc1cc(OCC(O)CN2CCNC(=O)C2)cc(-c2cc(OC)ncc2Cl)c1. The van der Waals surface area contributed by atoms with Gasteiger partial charge in [-0.3, -0.25) is 9.69 Å². The smallest absolute Gasteiger partial charge is 0.234 e. The zero-order valence-corrected chi connectivity index (χ0v) is 17.1. The van der Waals surface area contributed by atoms with E-state index in [-0.39, 0.29) is 19.1 Å². The van der Waals surface area contributed by atoms with Gasteiger partial charge in [-0.15, -0.1) is 0 Å². The summed E-state index contributed by atoms with van der Waals surface area (Å²) in [6.45, 7) is 2.01. The number of benzene rings is 1. The van der Waals surface area contributed by atoms with Gasteiger partial charge in [0.2, 0.25) is 11.8 Å². The van der Waals surface area contributed by atoms with Crippen molar-refractivity contribution in [3.63, 3.8) is 0 Å². The van der Waals surface area contributed by atoms with Crippen molar-refractivity contribution < 1.29 is 24.1 Å². The number of aromatic nitrogens is 1. The molecule has 3 rings (SSSR count). The number of ether oxygens (including phenoxy) is 3. The van der Waals surface area contributed by atoms with E-state index < -0.39 is 6.10 Å². The molecule has 1 aromatic heterocycles. The first kappa shape index (κ1) is 21.2. The van der Waals surface area contributed by atoms with Crippen molar-refractivity contribution in [2.24, 2.45) is 0 Å². The van der Waals surface area contributed by atoms with Gasteiger partial charge >= 0.3 is 0 Å². The Morgan fingerprint density at radius 3 is 2.76 bits per heavy atom. The quantitative estimate of drug-likeness (QED) is 0.668. The molecule has 1 amide bonds. The van der Waals surface area contributed by atoms with E-state index in [9.17, 15) is 9.90 Å². The normalized spacial score (nSPS) is 15.5. The van der Waals surface area contributed by atoms with Crippen LogP contribution < -0.4 is 19.5 Å². The van der Waals surface area contributed by atoms with Gasteiger partial charge in [-0.2, -0.15) is 0 Å². The van der Waals surface area contributed by atoms with Gasteiger partial charge in [0.15, 0.2) is 0 Å². The van der Waals surface area contributed by atoms with Crippen molar-refractivity contribution in [3.8, 4) is 28.5 Å². The fraction of sp³-hybridized carbons (Fsp3) is 0.400. The highest BCUT2D eigenvalue weighted by atomic mass is 35.5. The second-order valence-electron chi connectivity index (χ2n) is 6.65. The number of rotatable bonds is 8. The Kier molecular flexibility index (Phi) is 7.13. The monoisotopic (exact) mass is 421 g/mol. The fourth-order valence-corrected chi connectivity index (χ4v) is 3.28. The van der Waals surface area contributed by atoms with Crippen LogP contribution in [0.3, 0.4) is 0 Å². The van der Waals surface area contributed by atoms with Crippen molar-refractivity contribution in [2.75, 3.05) is 47.0 Å². The largest absolute Gasteiger partial charge is 0.497 e. The summed E-state index contributed by atoms with van der Waals surface area (Å²) in [5.41, 5.74) is 1.49. The molecule has 2 aromatic rings. The molecule has 9 heteroatoms. The van der Waals surface area contributed by atoms with E-state index >= 15 is 0 Å². The minimum Gasteiger partial charge on any atom is -0.497 e. The van der Waals surface area contributed by atoms with Crippen LogP contribution in [-0.2, 0) is 4.79 Å². The number of carbonyl (C=O) groups is 1. The highest BCUT2D eigenvalue weighted by Crippen LogP contribution is 2.35. The number of β-amino-alcohol motifs (C(OH)–C–C–N with tert-alkyl or cyclic N) is 1. The molecule has 1 unspecified atom stereocenters. The summed E-state index contributed by atoms with van der Waals surface area (Å²) in [5.74, 6) is 1.52. The number of nitrogens with zero attached hydrogens (tertiary/aromatic N) is 2. The van der Waals surface area contributed by atoms with Crippen LogP contribution in [0.15, 0.2) is 30.5 Å². The van der Waals surface area contributed by atoms with Crippen LogP contribution in [0.4, 0.5) is 0 Å². The molecule has 0 radical (unpaired) electrons. The number of pyridine rings is 1. The average Bonchev–Trinajstić information content (AvgIpc) is 2.72. The van der Waals surface area contributed by atoms with Crippen molar-refractivity contribution in [3.05, 3.63) is 35.5 Å². The molecule has 0 aliphatic carbocycles. The predicted octanol–water partition coefficient (Wildman–Crippen LogP) is 1.59. The molecular weight excluding hydrogens is 398 g/mol. The van der Waals surface area contributed by atoms with Crippen molar-refractivity contribution >= 4 is 17.5 Å². The minimum absolute atomic E-state index is 0.0357. The second-order valence-corrected chi connectivity index (χ2v) is 7.06. The summed E-state index contributed by atoms with van der Waals surface area (Å²) in [5, 5.41) is 13.5. The first-order valence-electron chi connectivity index (χ1n) is 9.17. The lowest BCUT2D eigenvalue weighted by Gasteiger charge is -2.28. The molecule has 2 heterocycles. The van der Waals surface area contributed by atoms with Gasteiger partial charge in [0.05, 0.1) is 32.0 Å². The maximum atomic E-state index is 11.4. The summed E-state index contributed by atoms with van der Waals surface area (Å²) >= 11 is 6.31. The lowest BCUT2D eigenvalue weighted by molar-refractivity contribution is -0.124. The van der Waals surface area contributed by atoms with E-state index in [1.165, 1.54) is 13.3 Å². The molecule has 0 bridgehead atoms. The molecule has 156 valence electrons. The van der Waals surface area contributed by atoms with Crippen molar-refractivity contribution in [1.82, 2.24) is 15.2 Å². The Balaban J connectivity index is 1.71. The van der Waals surface area contributed by atoms with E-state index in [1.54, 1.807) is 19.2 Å². The maximum Gasteiger partial charge on any atom is 0.234 e. The molecule has 8 nitrogen and oxygen atoms in total. The van der Waals surface area contributed by atoms with Crippen molar-refractivity contribution in [1.29, 1.82) is 0 Å². The topological polar surface area (TPSA) is 93.2 Å². The third-order valence-corrected chi connectivity index (χ3v) is 4.80. The maximum absolute atomic E-state index is 11.4. The highest BCUT2D eigenvalue weighted by molar-refractivity contribution is 6.33. The number of aliphatic hydroxyl groups is 1. The van der Waals surface area contributed by atoms with E-state index in [4.69, 9.17) is 25.8 Å². The fourth-order valence-electron chi connectivity index (χ4n) is 3.07. The van der Waals surface area contributed by atoms with Crippen LogP contribution in [0, 0.1) is 0 Å². The third kappa shape index (κ3) is 5.72. The molecule has 2 N–H and O–H groups in total. The molecule has 1 atom stereocenters. The number of amides is 1. The first-order chi connectivity index (χ1) is 14.0. The van der Waals surface area contributed by atoms with Crippen LogP contribution in [0.1, 0.15) is 0 Å². The van der Waals surface area contributed by atoms with Crippen LogP contribution in [-0.4, -0.2) is 74.0 Å². The van der Waals surface area contributed by atoms with E-state index in [0.717, 1.165) is 11.1 Å². The number of methoxy groups -OCH3 is 2. The number of halogens is 1. The van der Waals surface area contributed by atoms with Crippen LogP contribution in [0.25, 0.3) is 11.1 Å². The molecule has 1 fully saturated rings. The van der Waals surface area contributed by atoms with Gasteiger partial charge in [-0.1, -0.05) is 11.6 Å². The number of hydrogen-bond acceptors (Lipinski definition) is 7. The van der Waals surface area contributed by atoms with Gasteiger partial charge in [-0.25, -0.2) is 4.98 Å². The molecule has 1 aromatic carbocycles. The Labute approximate surface area is 174 Å². The van der Waals surface area contributed by atoms with Gasteiger partial charge in [0.25, 0.3) is 0 Å². The molecule has 0 saturated carbocycles. The Morgan fingerprint density at radius 1 is 1.24 bits per heavy atom. The standard InChI is InChI=1S/C20H24ClN3O5/c1-27-15-5-13(17-8-20(28-2)23-9-18(17)21)6-16(7-15)29-12-14(25)10-24-4-3-22-19(26)11-24/h5-9,14,25H,3-4,10-12H2,1-2H3,(H,22,26). The number of aliphatic hydroxyl groups excluding tert-OH is 1. The second kappa shape index (κ2) is 9.78. The van der Waals surface area contributed by atoms with Crippen LogP contribution in [0.2, 0.25) is 5.02 Å². The van der Waals surface area contributed by atoms with Gasteiger partial charge in [0.1, 0.15) is 24.2 Å². The number of nitrogens with one attached hydrogen (secondary N) is 1. The molecule has 29 heavy (non-hydrogen) atoms. The summed E-state index contributed by atoms with van der Waals surface area (Å²) in [7, 11) is 3.10. The average molecular weight is 422 g/mol. The number of carbonyl (C=O) groups excluding carboxylic acids is 1. The Morgan fingerprint density at radius 2 is 2.03 bits per heavy atom. The summed E-state index contributed by atoms with van der Waals surface area (Å²) < 4.78 is 16.3. The van der Waals surface area contributed by atoms with Crippen LogP contribution >= 0.6 is 11.6 Å². The lowest BCUT2D eigenvalue weighted by Crippen LogP contribution is -2.50. The lowest BCUT2D eigenvalue weighted by atomic mass is 10.1. The number of piperazine rings is 1. The minimum atomic E-state index is -0.736. The zero-order valence-electron chi connectivity index (χ0n) is 16.4. The number of hydrogen-bond donors (Lipinski definition) is 2. The Bertz CT molecular complexity index is 864. The van der Waals surface area contributed by atoms with Gasteiger partial charge < -0.3 is 24.6 Å². The molecule has 0 spiro atoms. The summed E-state index contributed by atoms with van der Waals surface area (Å²) in [4.78, 5) is 17.4. The summed E-state index contributed by atoms with van der Waals surface area (Å²) in [6, 6.07) is 7.11. The van der Waals surface area contributed by atoms with Gasteiger partial charge in [0, 0.05) is 37.3 Å². The van der Waals surface area contributed by atoms with Gasteiger partial charge in [-0.05, 0) is 17.7 Å². The zero-order chi connectivity index (χ0) is 20.8. The highest BCUT2D eigenvalue weighted by Gasteiger charge is 2.19. The summed E-state index contributed by atoms with van der Waals surface area (Å²) in [6.07, 6.45) is 0.786. The van der Waals surface area contributed by atoms with E-state index in [0.29, 0.717) is 42.0 Å². The van der Waals surface area contributed by atoms with Crippen molar-refractivity contribution in [2.45, 2.75) is 6.10 Å². The van der Waals surface area contributed by atoms with E-state index in [2.05, 4.69) is 10.3 Å². The van der Waals surface area contributed by atoms with Crippen LogP contribution in [0.5, 0.6) is 17.4 Å². The molecule has 1 aliphatic heterocycles. The molecule has 1 saturated heterocycles. The predicted molar refractivity (Wildman–Crippen MR) is 109 cm³/mol. The third-order valence-electron chi connectivity index (χ3n) is 4.49.